The molecule has 9 heteroatoms. The molecule has 0 saturated carbocycles. The van der Waals surface area contributed by atoms with E-state index in [1.807, 2.05) is 42.5 Å². The molecule has 1 saturated heterocycles. The predicted octanol–water partition coefficient (Wildman–Crippen LogP) is 3.21. The molecule has 1 aliphatic rings. The van der Waals surface area contributed by atoms with Crippen molar-refractivity contribution in [3.63, 3.8) is 0 Å². The molecule has 0 spiro atoms. The highest BCUT2D eigenvalue weighted by Crippen LogP contribution is 2.29. The van der Waals surface area contributed by atoms with Crippen molar-refractivity contribution in [1.82, 2.24) is 15.2 Å². The smallest absolute Gasteiger partial charge is 0.419 e. The number of fused-ring (bicyclic) bond motifs is 2. The van der Waals surface area contributed by atoms with E-state index in [0.29, 0.717) is 29.8 Å². The summed E-state index contributed by atoms with van der Waals surface area (Å²) in [7, 11) is 1.67. The van der Waals surface area contributed by atoms with E-state index in [1.165, 1.54) is 11.0 Å². The number of aromatic nitrogens is 1. The number of furan rings is 1. The summed E-state index contributed by atoms with van der Waals surface area (Å²) < 4.78 is 17.5. The zero-order valence-corrected chi connectivity index (χ0v) is 18.9. The van der Waals surface area contributed by atoms with Crippen molar-refractivity contribution in [2.24, 2.45) is 7.05 Å². The number of aryl methyl sites for hydroxylation is 1. The summed E-state index contributed by atoms with van der Waals surface area (Å²) in [6.07, 6.45) is 1.97. The number of ether oxygens (including phenoxy) is 1. The van der Waals surface area contributed by atoms with Crippen molar-refractivity contribution in [3.8, 4) is 17.2 Å². The summed E-state index contributed by atoms with van der Waals surface area (Å²) >= 11 is 0. The van der Waals surface area contributed by atoms with Crippen LogP contribution in [0, 0.1) is 11.3 Å². The molecule has 34 heavy (non-hydrogen) atoms. The highest BCUT2D eigenvalue weighted by atomic mass is 16.5. The fourth-order valence-electron chi connectivity index (χ4n) is 3.78. The molecular formula is C25H30N4O5. The predicted molar refractivity (Wildman–Crippen MR) is 132 cm³/mol. The average molecular weight is 467 g/mol. The van der Waals surface area contributed by atoms with Crippen molar-refractivity contribution >= 4 is 28.5 Å². The third kappa shape index (κ3) is 5.36. The molecule has 1 aliphatic heterocycles. The maximum atomic E-state index is 11.7. The van der Waals surface area contributed by atoms with Crippen LogP contribution in [0.25, 0.3) is 33.2 Å². The van der Waals surface area contributed by atoms with Crippen LogP contribution < -0.4 is 16.4 Å². The van der Waals surface area contributed by atoms with E-state index in [9.17, 15) is 9.59 Å². The number of amides is 1. The van der Waals surface area contributed by atoms with Crippen molar-refractivity contribution in [1.29, 1.82) is 5.26 Å². The second-order valence-corrected chi connectivity index (χ2v) is 7.96. The number of nitrogens with zero attached hydrogens (tertiary/aromatic N) is 2. The lowest BCUT2D eigenvalue weighted by Crippen LogP contribution is -2.27. The molecule has 1 atom stereocenters. The maximum Gasteiger partial charge on any atom is 0.419 e. The van der Waals surface area contributed by atoms with Gasteiger partial charge in [0, 0.05) is 34.9 Å². The van der Waals surface area contributed by atoms with Crippen molar-refractivity contribution in [2.75, 3.05) is 26.3 Å². The lowest BCUT2D eigenvalue weighted by Gasteiger charge is -2.03. The summed E-state index contributed by atoms with van der Waals surface area (Å²) in [5.74, 6) is 0.226. The Labute approximate surface area is 198 Å². The van der Waals surface area contributed by atoms with Gasteiger partial charge in [-0.3, -0.25) is 9.36 Å². The van der Waals surface area contributed by atoms with Crippen LogP contribution in [0.5, 0.6) is 0 Å². The van der Waals surface area contributed by atoms with E-state index in [0.717, 1.165) is 48.3 Å². The number of benzene rings is 2. The van der Waals surface area contributed by atoms with Crippen LogP contribution in [-0.2, 0) is 23.0 Å². The van der Waals surface area contributed by atoms with E-state index in [1.54, 1.807) is 13.1 Å². The largest absolute Gasteiger partial charge is 0.461 e. The Kier molecular flexibility index (Phi) is 7.42. The van der Waals surface area contributed by atoms with Gasteiger partial charge >= 0.3 is 5.76 Å². The number of oxazole rings is 1. The molecule has 0 aliphatic carbocycles. The molecule has 0 radical (unpaired) electrons. The number of carbonyl (C=O) groups is 1. The lowest BCUT2D eigenvalue weighted by molar-refractivity contribution is -0.109. The van der Waals surface area contributed by atoms with E-state index >= 15 is 0 Å². The molecule has 1 amide bonds. The zero-order valence-electron chi connectivity index (χ0n) is 18.9. The van der Waals surface area contributed by atoms with Crippen LogP contribution in [-0.4, -0.2) is 43.3 Å². The number of nitriles is 1. The topological polar surface area (TPSA) is 122 Å². The molecule has 4 aromatic rings. The van der Waals surface area contributed by atoms with Gasteiger partial charge in [0.1, 0.15) is 17.4 Å². The van der Waals surface area contributed by atoms with Crippen molar-refractivity contribution in [2.45, 2.75) is 18.9 Å². The summed E-state index contributed by atoms with van der Waals surface area (Å²) in [6.45, 7) is 3.98. The van der Waals surface area contributed by atoms with Crippen molar-refractivity contribution in [3.05, 3.63) is 58.8 Å². The first-order valence-corrected chi connectivity index (χ1v) is 11.1. The molecule has 3 heterocycles. The minimum atomic E-state index is -0.632. The fourth-order valence-corrected chi connectivity index (χ4v) is 3.78. The van der Waals surface area contributed by atoms with Gasteiger partial charge in [0.05, 0.1) is 18.2 Å². The minimum absolute atomic E-state index is 0. The molecular weight excluding hydrogens is 436 g/mol. The summed E-state index contributed by atoms with van der Waals surface area (Å²) in [4.78, 5) is 22.2. The van der Waals surface area contributed by atoms with Gasteiger partial charge < -0.3 is 24.2 Å². The molecule has 5 rings (SSSR count). The Morgan fingerprint density at radius 3 is 2.74 bits per heavy atom. The van der Waals surface area contributed by atoms with Gasteiger partial charge in [-0.2, -0.15) is 5.26 Å². The van der Waals surface area contributed by atoms with E-state index in [-0.39, 0.29) is 2.85 Å². The number of carbonyl (C=O) groups excluding carboxylic acids is 1. The minimum Gasteiger partial charge on any atom is -0.461 e. The second-order valence-electron chi connectivity index (χ2n) is 7.96. The third-order valence-corrected chi connectivity index (χ3v) is 5.59. The fraction of sp³-hybridized carbons (Fsp3) is 0.320. The van der Waals surface area contributed by atoms with Crippen LogP contribution in [0.4, 0.5) is 0 Å². The van der Waals surface area contributed by atoms with Gasteiger partial charge in [0.25, 0.3) is 0 Å². The SMILES string of the molecule is C1CNCCOC1.Cn1c(=O)oc2ccc(-c3ccc4oc(CC(C#N)NC=O)cc4c3)cc21.[HH].[HH]. The summed E-state index contributed by atoms with van der Waals surface area (Å²) in [5.41, 5.74) is 3.88. The van der Waals surface area contributed by atoms with Crippen LogP contribution in [0.15, 0.2) is 56.1 Å². The van der Waals surface area contributed by atoms with Gasteiger partial charge in [0.2, 0.25) is 6.41 Å². The van der Waals surface area contributed by atoms with Crippen LogP contribution in [0.3, 0.4) is 0 Å². The number of hydrogen-bond donors (Lipinski definition) is 2. The van der Waals surface area contributed by atoms with Gasteiger partial charge in [-0.1, -0.05) is 12.1 Å². The molecule has 180 valence electrons. The van der Waals surface area contributed by atoms with E-state index in [2.05, 4.69) is 10.6 Å². The zero-order chi connectivity index (χ0) is 23.9. The first-order chi connectivity index (χ1) is 16.6. The number of hydrogen-bond acceptors (Lipinski definition) is 7. The van der Waals surface area contributed by atoms with Crippen molar-refractivity contribution < 1.29 is 21.2 Å². The highest BCUT2D eigenvalue weighted by molar-refractivity contribution is 5.87. The number of rotatable bonds is 5. The van der Waals surface area contributed by atoms with Crippen LogP contribution in [0.1, 0.15) is 15.0 Å². The van der Waals surface area contributed by atoms with Gasteiger partial charge in [-0.05, 0) is 54.4 Å². The third-order valence-electron chi connectivity index (χ3n) is 5.59. The Morgan fingerprint density at radius 2 is 1.94 bits per heavy atom. The van der Waals surface area contributed by atoms with Gasteiger partial charge in [-0.25, -0.2) is 4.79 Å². The molecule has 2 aromatic carbocycles. The molecule has 2 N–H and O–H groups in total. The lowest BCUT2D eigenvalue weighted by atomic mass is 10.0. The van der Waals surface area contributed by atoms with Gasteiger partial charge in [-0.15, -0.1) is 0 Å². The number of nitrogens with one attached hydrogen (secondary N) is 2. The second kappa shape index (κ2) is 10.8. The Bertz CT molecular complexity index is 1370. The molecule has 9 nitrogen and oxygen atoms in total. The highest BCUT2D eigenvalue weighted by Gasteiger charge is 2.13. The average Bonchev–Trinajstić information content (AvgIpc) is 3.20. The first-order valence-electron chi connectivity index (χ1n) is 11.1. The standard InChI is InChI=1S/C20H15N3O4.C5H11NO.2H2/c1-23-17-8-13(3-5-19(17)27-20(23)25)12-2-4-18-14(6-12)7-16(26-18)9-15(10-21)22-11-24;1-2-6-3-5-7-4-1;;/h2-8,11,15H,9H2,1H3,(H,22,24);6H,1-5H2;2*1H. The van der Waals surface area contributed by atoms with Crippen LogP contribution in [0.2, 0.25) is 0 Å². The quantitative estimate of drug-likeness (QED) is 0.433. The Hall–Kier alpha value is -3.87. The summed E-state index contributed by atoms with van der Waals surface area (Å²) in [5, 5.41) is 15.6. The molecule has 1 unspecified atom stereocenters. The van der Waals surface area contributed by atoms with E-state index < -0.39 is 11.8 Å². The normalized spacial score (nSPS) is 14.6. The molecule has 1 fully saturated rings. The summed E-state index contributed by atoms with van der Waals surface area (Å²) in [6, 6.07) is 14.6. The first kappa shape index (κ1) is 23.3. The maximum absolute atomic E-state index is 11.7. The van der Waals surface area contributed by atoms with Gasteiger partial charge in [0.15, 0.2) is 5.58 Å². The molecule has 0 bridgehead atoms. The Balaban J connectivity index is 0.000000441. The van der Waals surface area contributed by atoms with E-state index in [4.69, 9.17) is 18.8 Å². The monoisotopic (exact) mass is 466 g/mol. The molecule has 2 aromatic heterocycles. The Morgan fingerprint density at radius 1 is 1.15 bits per heavy atom. The van der Waals surface area contributed by atoms with Crippen LogP contribution >= 0.6 is 0 Å².